The summed E-state index contributed by atoms with van der Waals surface area (Å²) in [4.78, 5) is 24.9. The molecule has 1 aliphatic heterocycles. The maximum atomic E-state index is 12.1. The quantitative estimate of drug-likeness (QED) is 0.829. The van der Waals surface area contributed by atoms with Crippen molar-refractivity contribution in [2.45, 2.75) is 26.4 Å². The maximum absolute atomic E-state index is 12.1. The van der Waals surface area contributed by atoms with Crippen LogP contribution in [0.1, 0.15) is 31.9 Å². The number of carbonyl (C=O) groups excluding carboxylic acids is 1. The van der Waals surface area contributed by atoms with E-state index in [0.29, 0.717) is 32.1 Å². The number of benzene rings is 1. The molecule has 142 valence electrons. The van der Waals surface area contributed by atoms with Crippen LogP contribution in [-0.4, -0.2) is 52.7 Å². The third kappa shape index (κ3) is 5.54. The molecule has 0 atom stereocenters. The fraction of sp³-hybridized carbons (Fsp3) is 0.381. The Hall–Kier alpha value is -2.89. The van der Waals surface area contributed by atoms with Crippen molar-refractivity contribution in [3.63, 3.8) is 0 Å². The molecular formula is C21H26N4O2. The summed E-state index contributed by atoms with van der Waals surface area (Å²) in [6.45, 7) is 8.23. The molecule has 0 N–H and O–H groups in total. The van der Waals surface area contributed by atoms with E-state index >= 15 is 0 Å². The molecule has 0 spiro atoms. The lowest BCUT2D eigenvalue weighted by molar-refractivity contribution is 0.0240. The van der Waals surface area contributed by atoms with E-state index in [1.165, 1.54) is 0 Å². The first-order valence-corrected chi connectivity index (χ1v) is 9.19. The summed E-state index contributed by atoms with van der Waals surface area (Å²) in [7, 11) is 0. The second kappa shape index (κ2) is 8.20. The van der Waals surface area contributed by atoms with Crippen molar-refractivity contribution < 1.29 is 9.53 Å². The van der Waals surface area contributed by atoms with Gasteiger partial charge in [0.05, 0.1) is 0 Å². The van der Waals surface area contributed by atoms with E-state index in [2.05, 4.69) is 27.0 Å². The summed E-state index contributed by atoms with van der Waals surface area (Å²) in [6.07, 6.45) is 7.42. The predicted molar refractivity (Wildman–Crippen MR) is 107 cm³/mol. The van der Waals surface area contributed by atoms with E-state index in [1.807, 2.05) is 63.5 Å². The fourth-order valence-electron chi connectivity index (χ4n) is 2.75. The third-order valence-corrected chi connectivity index (χ3v) is 4.14. The number of aromatic nitrogens is 2. The van der Waals surface area contributed by atoms with Crippen molar-refractivity contribution in [2.24, 2.45) is 0 Å². The molecule has 2 aromatic rings. The normalized spacial score (nSPS) is 15.2. The van der Waals surface area contributed by atoms with Crippen molar-refractivity contribution in [1.82, 2.24) is 14.9 Å². The monoisotopic (exact) mass is 366 g/mol. The van der Waals surface area contributed by atoms with Gasteiger partial charge in [0.1, 0.15) is 5.60 Å². The highest BCUT2D eigenvalue weighted by Crippen LogP contribution is 2.15. The van der Waals surface area contributed by atoms with Crippen LogP contribution in [0.25, 0.3) is 12.2 Å². The zero-order valence-corrected chi connectivity index (χ0v) is 16.1. The van der Waals surface area contributed by atoms with Crippen LogP contribution in [-0.2, 0) is 4.74 Å². The summed E-state index contributed by atoms with van der Waals surface area (Å²) in [5.41, 5.74) is 1.62. The average molecular weight is 366 g/mol. The summed E-state index contributed by atoms with van der Waals surface area (Å²) in [5.74, 6) is 0.690. The fourth-order valence-corrected chi connectivity index (χ4v) is 2.75. The minimum absolute atomic E-state index is 0.260. The van der Waals surface area contributed by atoms with Crippen molar-refractivity contribution in [2.75, 3.05) is 31.1 Å². The Bertz CT molecular complexity index is 774. The van der Waals surface area contributed by atoms with Gasteiger partial charge in [-0.15, -0.1) is 0 Å². The largest absolute Gasteiger partial charge is 0.444 e. The van der Waals surface area contributed by atoms with Crippen LogP contribution in [0.3, 0.4) is 0 Å². The number of hydrogen-bond acceptors (Lipinski definition) is 5. The Balaban J connectivity index is 1.54. The van der Waals surface area contributed by atoms with Crippen molar-refractivity contribution >= 4 is 24.2 Å². The first-order valence-electron chi connectivity index (χ1n) is 9.19. The van der Waals surface area contributed by atoms with Gasteiger partial charge in [0, 0.05) is 44.1 Å². The molecule has 0 bridgehead atoms. The lowest BCUT2D eigenvalue weighted by Crippen LogP contribution is -2.50. The number of piperazine rings is 1. The molecule has 27 heavy (non-hydrogen) atoms. The standard InChI is InChI=1S/C21H26N4O2/c1-21(2,3)27-20(26)25-13-11-24(12-14-25)19-22-15-18(16-23-19)10-9-17-7-5-4-6-8-17/h4-10,15-16H,11-14H2,1-3H3. The molecule has 0 unspecified atom stereocenters. The molecule has 1 aliphatic rings. The summed E-state index contributed by atoms with van der Waals surface area (Å²) in [6, 6.07) is 10.1. The molecule has 0 radical (unpaired) electrons. The number of nitrogens with zero attached hydrogens (tertiary/aromatic N) is 4. The van der Waals surface area contributed by atoms with Crippen LogP contribution >= 0.6 is 0 Å². The third-order valence-electron chi connectivity index (χ3n) is 4.14. The summed E-state index contributed by atoms with van der Waals surface area (Å²) < 4.78 is 5.43. The van der Waals surface area contributed by atoms with Crippen molar-refractivity contribution in [1.29, 1.82) is 0 Å². The van der Waals surface area contributed by atoms with Crippen molar-refractivity contribution in [3.8, 4) is 0 Å². The first kappa shape index (κ1) is 18.9. The number of carbonyl (C=O) groups is 1. The van der Waals surface area contributed by atoms with Gasteiger partial charge < -0.3 is 14.5 Å². The van der Waals surface area contributed by atoms with Crippen LogP contribution < -0.4 is 4.90 Å². The smallest absolute Gasteiger partial charge is 0.410 e. The Morgan fingerprint density at radius 2 is 1.56 bits per heavy atom. The Labute approximate surface area is 160 Å². The van der Waals surface area contributed by atoms with Gasteiger partial charge in [-0.3, -0.25) is 0 Å². The van der Waals surface area contributed by atoms with Gasteiger partial charge in [0.2, 0.25) is 5.95 Å². The molecule has 6 heteroatoms. The van der Waals surface area contributed by atoms with Crippen LogP contribution in [0.4, 0.5) is 10.7 Å². The molecule has 6 nitrogen and oxygen atoms in total. The van der Waals surface area contributed by atoms with Crippen molar-refractivity contribution in [3.05, 3.63) is 53.9 Å². The van der Waals surface area contributed by atoms with E-state index in [-0.39, 0.29) is 6.09 Å². The molecular weight excluding hydrogens is 340 g/mol. The van der Waals surface area contributed by atoms with Gasteiger partial charge >= 0.3 is 6.09 Å². The maximum Gasteiger partial charge on any atom is 0.410 e. The van der Waals surface area contributed by atoms with Crippen LogP contribution in [0.15, 0.2) is 42.7 Å². The van der Waals surface area contributed by atoms with E-state index in [1.54, 1.807) is 4.90 Å². The second-order valence-electron chi connectivity index (χ2n) is 7.51. The molecule has 1 amide bonds. The lowest BCUT2D eigenvalue weighted by atomic mass is 10.2. The van der Waals surface area contributed by atoms with Gasteiger partial charge in [0.15, 0.2) is 0 Å². The zero-order valence-electron chi connectivity index (χ0n) is 16.1. The zero-order chi connectivity index (χ0) is 19.3. The SMILES string of the molecule is CC(C)(C)OC(=O)N1CCN(c2ncc(C=Cc3ccccc3)cn2)CC1. The molecule has 3 rings (SSSR count). The second-order valence-corrected chi connectivity index (χ2v) is 7.51. The molecule has 1 fully saturated rings. The average Bonchev–Trinajstić information content (AvgIpc) is 2.66. The van der Waals surface area contributed by atoms with Gasteiger partial charge in [-0.2, -0.15) is 0 Å². The number of amides is 1. The molecule has 1 aromatic carbocycles. The van der Waals surface area contributed by atoms with Crippen LogP contribution in [0, 0.1) is 0 Å². The van der Waals surface area contributed by atoms with Crippen LogP contribution in [0.2, 0.25) is 0 Å². The first-order chi connectivity index (χ1) is 12.9. The van der Waals surface area contributed by atoms with E-state index in [9.17, 15) is 4.79 Å². The van der Waals surface area contributed by atoms with Gasteiger partial charge in [-0.25, -0.2) is 14.8 Å². The van der Waals surface area contributed by atoms with Gasteiger partial charge in [-0.1, -0.05) is 42.5 Å². The lowest BCUT2D eigenvalue weighted by Gasteiger charge is -2.35. The van der Waals surface area contributed by atoms with E-state index < -0.39 is 5.60 Å². The number of anilines is 1. The number of rotatable bonds is 3. The molecule has 1 aromatic heterocycles. The molecule has 0 aliphatic carbocycles. The summed E-state index contributed by atoms with van der Waals surface area (Å²) in [5, 5.41) is 0. The highest BCUT2D eigenvalue weighted by atomic mass is 16.6. The van der Waals surface area contributed by atoms with E-state index in [4.69, 9.17) is 4.74 Å². The van der Waals surface area contributed by atoms with Gasteiger partial charge in [0.25, 0.3) is 0 Å². The molecule has 1 saturated heterocycles. The number of hydrogen-bond donors (Lipinski definition) is 0. The molecule has 2 heterocycles. The Morgan fingerprint density at radius 1 is 0.963 bits per heavy atom. The topological polar surface area (TPSA) is 58.6 Å². The minimum atomic E-state index is -0.472. The molecule has 0 saturated carbocycles. The van der Waals surface area contributed by atoms with Crippen LogP contribution in [0.5, 0.6) is 0 Å². The Morgan fingerprint density at radius 3 is 2.15 bits per heavy atom. The Kier molecular flexibility index (Phi) is 5.74. The highest BCUT2D eigenvalue weighted by molar-refractivity contribution is 5.69. The van der Waals surface area contributed by atoms with Gasteiger partial charge in [-0.05, 0) is 26.3 Å². The van der Waals surface area contributed by atoms with E-state index in [0.717, 1.165) is 11.1 Å². The minimum Gasteiger partial charge on any atom is -0.444 e. The highest BCUT2D eigenvalue weighted by Gasteiger charge is 2.26. The predicted octanol–water partition coefficient (Wildman–Crippen LogP) is 3.70. The summed E-state index contributed by atoms with van der Waals surface area (Å²) >= 11 is 0. The number of ether oxygens (including phenoxy) is 1.